The van der Waals surface area contributed by atoms with E-state index in [0.717, 1.165) is 8.25 Å². The summed E-state index contributed by atoms with van der Waals surface area (Å²) in [6.07, 6.45) is 12.0. The zero-order valence-electron chi connectivity index (χ0n) is 21.6. The van der Waals surface area contributed by atoms with Crippen LogP contribution in [0.4, 0.5) is 52.7 Å². The number of aromatic nitrogens is 4. The zero-order valence-corrected chi connectivity index (χ0v) is 24.8. The lowest BCUT2D eigenvalue weighted by atomic mass is 10.9. The molecule has 2 aromatic heterocycles. The summed E-state index contributed by atoms with van der Waals surface area (Å²) in [5.41, 5.74) is -24.8. The molecule has 0 fully saturated rings. The third kappa shape index (κ3) is 14.4. The zero-order chi connectivity index (χ0) is 36.0. The molecule has 260 valence electrons. The molecule has 0 aliphatic heterocycles. The molecule has 2 heterocycles. The normalized spacial score (nSPS) is 13.5. The molecule has 0 bridgehead atoms. The Hall–Kier alpha value is -2.70. The lowest BCUT2D eigenvalue weighted by Gasteiger charge is -2.22. The van der Waals surface area contributed by atoms with Gasteiger partial charge in [0.15, 0.2) is 40.1 Å². The molecule has 0 unspecified atom stereocenters. The average molecular weight is 755 g/mol. The molecule has 14 nitrogen and oxygen atoms in total. The fourth-order valence-corrected chi connectivity index (χ4v) is 5.00. The van der Waals surface area contributed by atoms with E-state index in [4.69, 9.17) is 0 Å². The quantitative estimate of drug-likeness (QED) is 0.335. The highest BCUT2D eigenvalue weighted by atomic mass is 32.3. The Labute approximate surface area is 240 Å². The molecular weight excluding hydrogens is 736 g/mol. The summed E-state index contributed by atoms with van der Waals surface area (Å²) in [6, 6.07) is 0. The van der Waals surface area contributed by atoms with E-state index in [2.05, 4.69) is 0 Å². The molecule has 0 aromatic carbocycles. The van der Waals surface area contributed by atoms with Crippen molar-refractivity contribution in [2.45, 2.75) is 22.0 Å². The molecule has 0 saturated carbocycles. The number of halogens is 12. The number of alkyl halides is 12. The number of sulfonamides is 4. The minimum absolute atomic E-state index is 0.778. The molecule has 0 aliphatic carbocycles. The van der Waals surface area contributed by atoms with Crippen molar-refractivity contribution in [3.05, 3.63) is 45.7 Å². The molecule has 30 heteroatoms. The van der Waals surface area contributed by atoms with Gasteiger partial charge in [0.25, 0.3) is 0 Å². The molecule has 0 spiro atoms. The van der Waals surface area contributed by atoms with E-state index in [1.165, 1.54) is 0 Å². The standard InChI is InChI=1S/2C5H9N2.2C2F6NO4S2/c2*1-6-3-4-7(2)5-6;2*3-1(4,5)14(10,11)9-15(12,13)2(6,7)8/h2*3-5H,1-2H3;;/q2*+1;2*-1. The highest BCUT2D eigenvalue weighted by molar-refractivity contribution is 8.13. The number of hydrogen-bond donors (Lipinski definition) is 0. The van der Waals surface area contributed by atoms with Gasteiger partial charge < -0.3 is 8.25 Å². The minimum Gasteiger partial charge on any atom is -0.421 e. The largest absolute Gasteiger partial charge is 0.480 e. The van der Waals surface area contributed by atoms with E-state index in [0.29, 0.717) is 0 Å². The first-order valence-electron chi connectivity index (χ1n) is 9.67. The van der Waals surface area contributed by atoms with Gasteiger partial charge in [-0.05, 0) is 0 Å². The van der Waals surface area contributed by atoms with Crippen molar-refractivity contribution in [2.24, 2.45) is 28.2 Å². The number of aryl methyl sites for hydroxylation is 4. The summed E-state index contributed by atoms with van der Waals surface area (Å²) in [5, 5.41) is 0. The first-order chi connectivity index (χ1) is 19.0. The van der Waals surface area contributed by atoms with Gasteiger partial charge in [-0.2, -0.15) is 52.7 Å². The molecule has 0 radical (unpaired) electrons. The summed E-state index contributed by atoms with van der Waals surface area (Å²) < 4.78 is 226. The Morgan fingerprint density at radius 1 is 0.477 bits per heavy atom. The lowest BCUT2D eigenvalue weighted by Crippen LogP contribution is -2.30. The van der Waals surface area contributed by atoms with E-state index < -0.39 is 62.1 Å². The molecule has 2 aromatic rings. The second kappa shape index (κ2) is 14.6. The maximum atomic E-state index is 11.4. The summed E-state index contributed by atoms with van der Waals surface area (Å²) in [7, 11) is -18.9. The predicted octanol–water partition coefficient (Wildman–Crippen LogP) is 1.82. The number of hydrogen-bond acceptors (Lipinski definition) is 8. The van der Waals surface area contributed by atoms with Crippen molar-refractivity contribution < 1.29 is 95.5 Å². The van der Waals surface area contributed by atoms with Crippen molar-refractivity contribution in [3.8, 4) is 0 Å². The van der Waals surface area contributed by atoms with Gasteiger partial charge >= 0.3 is 22.0 Å². The fraction of sp³-hybridized carbons (Fsp3) is 0.571. The number of rotatable bonds is 4. The Morgan fingerprint density at radius 3 is 0.727 bits per heavy atom. The van der Waals surface area contributed by atoms with Crippen LogP contribution >= 0.6 is 0 Å². The van der Waals surface area contributed by atoms with Gasteiger partial charge in [0, 0.05) is 0 Å². The van der Waals surface area contributed by atoms with Crippen LogP contribution in [-0.2, 0) is 68.3 Å². The topological polar surface area (TPSA) is 182 Å². The summed E-state index contributed by atoms with van der Waals surface area (Å²) in [4.78, 5) is 0. The molecule has 0 N–H and O–H groups in total. The first-order valence-corrected chi connectivity index (χ1v) is 15.4. The smallest absolute Gasteiger partial charge is 0.421 e. The van der Waals surface area contributed by atoms with Crippen LogP contribution in [-0.4, -0.2) is 64.8 Å². The monoisotopic (exact) mass is 754 g/mol. The van der Waals surface area contributed by atoms with Crippen molar-refractivity contribution in [3.63, 3.8) is 0 Å². The molecule has 2 rings (SSSR count). The molecule has 44 heavy (non-hydrogen) atoms. The van der Waals surface area contributed by atoms with Gasteiger partial charge in [0.1, 0.15) is 24.8 Å². The van der Waals surface area contributed by atoms with Crippen LogP contribution in [0.2, 0.25) is 0 Å². The number of nitrogens with zero attached hydrogens (tertiary/aromatic N) is 6. The second-order valence-corrected chi connectivity index (χ2v) is 14.2. The Kier molecular flexibility index (Phi) is 14.4. The lowest BCUT2D eigenvalue weighted by molar-refractivity contribution is -0.671. The Morgan fingerprint density at radius 2 is 0.659 bits per heavy atom. The van der Waals surface area contributed by atoms with Crippen LogP contribution in [0.25, 0.3) is 8.25 Å². The maximum Gasteiger partial charge on any atom is 0.480 e. The molecule has 0 saturated heterocycles. The van der Waals surface area contributed by atoms with Gasteiger partial charge in [-0.15, -0.1) is 0 Å². The average Bonchev–Trinajstić information content (AvgIpc) is 3.30. The van der Waals surface area contributed by atoms with Crippen molar-refractivity contribution in [1.82, 2.24) is 9.13 Å². The predicted molar refractivity (Wildman–Crippen MR) is 120 cm³/mol. The van der Waals surface area contributed by atoms with Crippen molar-refractivity contribution in [2.75, 3.05) is 0 Å². The van der Waals surface area contributed by atoms with Crippen molar-refractivity contribution in [1.29, 1.82) is 0 Å². The summed E-state index contributed by atoms with van der Waals surface area (Å²) in [6.45, 7) is 0. The molecule has 0 aliphatic rings. The van der Waals surface area contributed by atoms with Crippen LogP contribution in [0.3, 0.4) is 0 Å². The SMILES string of the molecule is Cn1cc[n+](C)c1.Cn1cc[n+](C)c1.O=S(=O)([N-]S(=O)(=O)C(F)(F)F)C(F)(F)F.O=S(=O)([N-]S(=O)(=O)C(F)(F)F)C(F)(F)F. The molecule has 0 amide bonds. The van der Waals surface area contributed by atoms with E-state index in [1.54, 1.807) is 0 Å². The summed E-state index contributed by atoms with van der Waals surface area (Å²) >= 11 is 0. The van der Waals surface area contributed by atoms with Gasteiger partial charge in [-0.25, -0.2) is 51.9 Å². The highest BCUT2D eigenvalue weighted by Crippen LogP contribution is 2.37. The minimum atomic E-state index is -6.72. The van der Waals surface area contributed by atoms with Gasteiger partial charge in [0.2, 0.25) is 12.7 Å². The van der Waals surface area contributed by atoms with E-state index in [1.807, 2.05) is 83.9 Å². The molecule has 0 atom stereocenters. The van der Waals surface area contributed by atoms with Gasteiger partial charge in [-0.1, -0.05) is 0 Å². The maximum absolute atomic E-state index is 11.4. The van der Waals surface area contributed by atoms with Crippen LogP contribution in [0.5, 0.6) is 0 Å². The Bertz CT molecular complexity index is 1410. The van der Waals surface area contributed by atoms with Crippen LogP contribution in [0.1, 0.15) is 0 Å². The van der Waals surface area contributed by atoms with E-state index in [-0.39, 0.29) is 0 Å². The van der Waals surface area contributed by atoms with Gasteiger partial charge in [-0.3, -0.25) is 0 Å². The van der Waals surface area contributed by atoms with Crippen LogP contribution in [0, 0.1) is 0 Å². The highest BCUT2D eigenvalue weighted by Gasteiger charge is 2.48. The van der Waals surface area contributed by atoms with Crippen LogP contribution < -0.4 is 9.13 Å². The van der Waals surface area contributed by atoms with Gasteiger partial charge in [0.05, 0.1) is 28.2 Å². The van der Waals surface area contributed by atoms with E-state index >= 15 is 0 Å². The third-order valence-electron chi connectivity index (χ3n) is 3.36. The first kappa shape index (κ1) is 43.4. The van der Waals surface area contributed by atoms with Crippen molar-refractivity contribution >= 4 is 40.1 Å². The van der Waals surface area contributed by atoms with Crippen LogP contribution in [0.15, 0.2) is 37.4 Å². The third-order valence-corrected chi connectivity index (χ3v) is 8.84. The fourth-order valence-electron chi connectivity index (χ4n) is 1.58. The Balaban J connectivity index is 0. The van der Waals surface area contributed by atoms with E-state index in [9.17, 15) is 86.4 Å². The molecular formula is C14H18F12N6O8S4. The summed E-state index contributed by atoms with van der Waals surface area (Å²) in [5.74, 6) is 0. The second-order valence-electron chi connectivity index (χ2n) is 7.32. The number of imidazole rings is 2.